The van der Waals surface area contributed by atoms with Gasteiger partial charge in [-0.3, -0.25) is 9.59 Å². The maximum Gasteiger partial charge on any atom is 0.264 e. The summed E-state index contributed by atoms with van der Waals surface area (Å²) in [5.41, 5.74) is 4.85. The summed E-state index contributed by atoms with van der Waals surface area (Å²) in [5, 5.41) is 2.46. The van der Waals surface area contributed by atoms with Crippen molar-refractivity contribution in [3.05, 3.63) is 35.6 Å². The lowest BCUT2D eigenvalue weighted by atomic mass is 9.94. The standard InChI is InChI=1S/C13H14FN3O2/c1-13(2,15)12-16-10(18)9(11(19)17-12)7-5-3-4-6-8(7)14/h3-6,9H,15H2,1-2H3,(H,16,17,18,19). The summed E-state index contributed by atoms with van der Waals surface area (Å²) < 4.78 is 13.6. The van der Waals surface area contributed by atoms with Crippen LogP contribution < -0.4 is 11.1 Å². The van der Waals surface area contributed by atoms with Crippen LogP contribution in [0.4, 0.5) is 4.39 Å². The maximum atomic E-state index is 13.6. The molecular formula is C13H14FN3O2. The lowest BCUT2D eigenvalue weighted by Gasteiger charge is -2.27. The predicted molar refractivity (Wildman–Crippen MR) is 68.0 cm³/mol. The van der Waals surface area contributed by atoms with Gasteiger partial charge < -0.3 is 11.1 Å². The van der Waals surface area contributed by atoms with Gasteiger partial charge >= 0.3 is 0 Å². The fourth-order valence-electron chi connectivity index (χ4n) is 1.79. The van der Waals surface area contributed by atoms with Crippen molar-refractivity contribution >= 4 is 17.6 Å². The molecule has 1 aromatic carbocycles. The van der Waals surface area contributed by atoms with E-state index in [9.17, 15) is 14.0 Å². The van der Waals surface area contributed by atoms with Gasteiger partial charge in [-0.15, -0.1) is 0 Å². The lowest BCUT2D eigenvalue weighted by Crippen LogP contribution is -2.55. The van der Waals surface area contributed by atoms with Crippen molar-refractivity contribution in [3.63, 3.8) is 0 Å². The monoisotopic (exact) mass is 263 g/mol. The van der Waals surface area contributed by atoms with Crippen molar-refractivity contribution in [1.29, 1.82) is 0 Å². The highest BCUT2D eigenvalue weighted by Gasteiger charge is 2.38. The van der Waals surface area contributed by atoms with Crippen molar-refractivity contribution in [2.24, 2.45) is 10.7 Å². The van der Waals surface area contributed by atoms with E-state index < -0.39 is 29.1 Å². The van der Waals surface area contributed by atoms with Crippen LogP contribution in [0.15, 0.2) is 29.3 Å². The quantitative estimate of drug-likeness (QED) is 0.770. The largest absolute Gasteiger partial charge is 0.319 e. The number of nitrogens with zero attached hydrogens (tertiary/aromatic N) is 1. The highest BCUT2D eigenvalue weighted by Crippen LogP contribution is 2.24. The molecular weight excluding hydrogens is 249 g/mol. The Kier molecular flexibility index (Phi) is 3.20. The molecule has 1 unspecified atom stereocenters. The number of hydrogen-bond acceptors (Lipinski definition) is 3. The molecule has 0 saturated heterocycles. The molecule has 0 fully saturated rings. The molecule has 0 radical (unpaired) electrons. The van der Waals surface area contributed by atoms with Crippen molar-refractivity contribution in [1.82, 2.24) is 5.32 Å². The second kappa shape index (κ2) is 4.55. The van der Waals surface area contributed by atoms with E-state index >= 15 is 0 Å². The number of hydrogen-bond donors (Lipinski definition) is 2. The van der Waals surface area contributed by atoms with Crippen LogP contribution in [0.3, 0.4) is 0 Å². The van der Waals surface area contributed by atoms with E-state index in [0.29, 0.717) is 0 Å². The third-order valence-electron chi connectivity index (χ3n) is 2.80. The second-order valence-electron chi connectivity index (χ2n) is 4.96. The van der Waals surface area contributed by atoms with Crippen LogP contribution in [0.5, 0.6) is 0 Å². The van der Waals surface area contributed by atoms with Gasteiger partial charge in [-0.1, -0.05) is 18.2 Å². The molecule has 0 saturated carbocycles. The van der Waals surface area contributed by atoms with Gasteiger partial charge in [0.25, 0.3) is 5.91 Å². The van der Waals surface area contributed by atoms with Crippen LogP contribution in [-0.2, 0) is 9.59 Å². The third kappa shape index (κ3) is 2.53. The summed E-state index contributed by atoms with van der Waals surface area (Å²) in [6.45, 7) is 3.23. The highest BCUT2D eigenvalue weighted by atomic mass is 19.1. The fourth-order valence-corrected chi connectivity index (χ4v) is 1.79. The Balaban J connectivity index is 2.42. The molecule has 0 aromatic heterocycles. The normalized spacial score (nSPS) is 20.0. The van der Waals surface area contributed by atoms with E-state index in [0.717, 1.165) is 0 Å². The summed E-state index contributed by atoms with van der Waals surface area (Å²) in [7, 11) is 0. The first kappa shape index (κ1) is 13.4. The summed E-state index contributed by atoms with van der Waals surface area (Å²) in [6.07, 6.45) is 0. The van der Waals surface area contributed by atoms with E-state index in [-0.39, 0.29) is 11.4 Å². The Bertz CT molecular complexity index is 575. The number of halogens is 1. The Morgan fingerprint density at radius 2 is 1.95 bits per heavy atom. The van der Waals surface area contributed by atoms with E-state index in [1.165, 1.54) is 18.2 Å². The van der Waals surface area contributed by atoms with E-state index in [1.54, 1.807) is 19.9 Å². The number of amides is 2. The van der Waals surface area contributed by atoms with Gasteiger partial charge in [0.1, 0.15) is 17.6 Å². The molecule has 1 atom stereocenters. The van der Waals surface area contributed by atoms with Crippen molar-refractivity contribution in [2.45, 2.75) is 25.3 Å². The molecule has 1 aliphatic rings. The molecule has 0 aliphatic carbocycles. The second-order valence-corrected chi connectivity index (χ2v) is 4.96. The molecule has 1 heterocycles. The van der Waals surface area contributed by atoms with Crippen molar-refractivity contribution in [3.8, 4) is 0 Å². The first-order valence-electron chi connectivity index (χ1n) is 5.78. The number of carbonyl (C=O) groups excluding carboxylic acids is 2. The van der Waals surface area contributed by atoms with E-state index in [4.69, 9.17) is 5.73 Å². The van der Waals surface area contributed by atoms with Crippen LogP contribution in [0.25, 0.3) is 0 Å². The molecule has 5 nitrogen and oxygen atoms in total. The maximum absolute atomic E-state index is 13.6. The number of aliphatic imine (C=N–C) groups is 1. The zero-order valence-corrected chi connectivity index (χ0v) is 10.6. The number of carbonyl (C=O) groups is 2. The SMILES string of the molecule is CC(C)(N)C1=NC(=O)C(c2ccccc2F)C(=O)N1. The first-order chi connectivity index (χ1) is 8.80. The van der Waals surface area contributed by atoms with Crippen LogP contribution in [0.2, 0.25) is 0 Å². The Morgan fingerprint density at radius 3 is 2.47 bits per heavy atom. The van der Waals surface area contributed by atoms with Crippen LogP contribution >= 0.6 is 0 Å². The van der Waals surface area contributed by atoms with Gasteiger partial charge in [0.05, 0.1) is 5.54 Å². The number of rotatable bonds is 2. The first-order valence-corrected chi connectivity index (χ1v) is 5.78. The number of amidine groups is 1. The minimum absolute atomic E-state index is 0.0163. The smallest absolute Gasteiger partial charge is 0.264 e. The molecule has 100 valence electrons. The Labute approximate surface area is 109 Å². The molecule has 0 bridgehead atoms. The molecule has 1 aromatic rings. The molecule has 1 aliphatic heterocycles. The minimum Gasteiger partial charge on any atom is -0.319 e. The number of benzene rings is 1. The summed E-state index contributed by atoms with van der Waals surface area (Å²) in [4.78, 5) is 27.7. The molecule has 3 N–H and O–H groups in total. The molecule has 2 rings (SSSR count). The minimum atomic E-state index is -1.26. The zero-order chi connectivity index (χ0) is 14.2. The zero-order valence-electron chi connectivity index (χ0n) is 10.6. The van der Waals surface area contributed by atoms with E-state index in [1.807, 2.05) is 0 Å². The van der Waals surface area contributed by atoms with Crippen LogP contribution in [-0.4, -0.2) is 23.2 Å². The number of nitrogens with one attached hydrogen (secondary N) is 1. The van der Waals surface area contributed by atoms with Crippen molar-refractivity contribution in [2.75, 3.05) is 0 Å². The molecule has 0 spiro atoms. The summed E-state index contributed by atoms with van der Waals surface area (Å²) in [6, 6.07) is 5.64. The third-order valence-corrected chi connectivity index (χ3v) is 2.80. The fraction of sp³-hybridized carbons (Fsp3) is 0.308. The summed E-state index contributed by atoms with van der Waals surface area (Å²) in [5.74, 6) is -3.09. The van der Waals surface area contributed by atoms with Crippen LogP contribution in [0.1, 0.15) is 25.3 Å². The van der Waals surface area contributed by atoms with Crippen molar-refractivity contribution < 1.29 is 14.0 Å². The van der Waals surface area contributed by atoms with Crippen LogP contribution in [0, 0.1) is 5.82 Å². The number of nitrogens with two attached hydrogens (primary N) is 1. The van der Waals surface area contributed by atoms with Gasteiger partial charge in [-0.25, -0.2) is 4.39 Å². The highest BCUT2D eigenvalue weighted by molar-refractivity contribution is 6.20. The summed E-state index contributed by atoms with van der Waals surface area (Å²) >= 11 is 0. The van der Waals surface area contributed by atoms with Gasteiger partial charge in [0.2, 0.25) is 5.91 Å². The average molecular weight is 263 g/mol. The van der Waals surface area contributed by atoms with Gasteiger partial charge in [-0.05, 0) is 19.9 Å². The molecule has 2 amide bonds. The topological polar surface area (TPSA) is 84.5 Å². The molecule has 6 heteroatoms. The molecule has 19 heavy (non-hydrogen) atoms. The Hall–Kier alpha value is -2.08. The van der Waals surface area contributed by atoms with E-state index in [2.05, 4.69) is 10.3 Å². The average Bonchev–Trinajstić information content (AvgIpc) is 2.29. The predicted octanol–water partition coefficient (Wildman–Crippen LogP) is 0.702. The Morgan fingerprint density at radius 1 is 1.32 bits per heavy atom. The lowest BCUT2D eigenvalue weighted by molar-refractivity contribution is -0.130. The van der Waals surface area contributed by atoms with Gasteiger partial charge in [0.15, 0.2) is 0 Å². The van der Waals surface area contributed by atoms with Gasteiger partial charge in [-0.2, -0.15) is 4.99 Å². The van der Waals surface area contributed by atoms with Gasteiger partial charge in [0, 0.05) is 5.56 Å².